The highest BCUT2D eigenvalue weighted by Gasteiger charge is 2.38. The molecule has 1 aliphatic carbocycles. The van der Waals surface area contributed by atoms with Crippen molar-refractivity contribution in [3.05, 3.63) is 0 Å². The molecular weight excluding hydrogens is 234 g/mol. The molecule has 1 atom stereocenters. The molecule has 2 aliphatic rings. The Bertz CT molecular complexity index is 371. The lowest BCUT2D eigenvalue weighted by Crippen LogP contribution is -2.53. The highest BCUT2D eigenvalue weighted by molar-refractivity contribution is 6.01. The Morgan fingerprint density at radius 2 is 2.17 bits per heavy atom. The number of rotatable bonds is 4. The van der Waals surface area contributed by atoms with Crippen molar-refractivity contribution in [1.82, 2.24) is 10.6 Å². The van der Waals surface area contributed by atoms with Crippen molar-refractivity contribution >= 4 is 17.7 Å². The van der Waals surface area contributed by atoms with Gasteiger partial charge in [-0.2, -0.15) is 0 Å². The van der Waals surface area contributed by atoms with Gasteiger partial charge in [0.05, 0.1) is 0 Å². The van der Waals surface area contributed by atoms with E-state index in [2.05, 4.69) is 10.6 Å². The number of amides is 3. The third-order valence-electron chi connectivity index (χ3n) is 3.96. The van der Waals surface area contributed by atoms with E-state index in [9.17, 15) is 14.4 Å². The number of imide groups is 1. The minimum atomic E-state index is -0.579. The predicted molar refractivity (Wildman–Crippen MR) is 64.3 cm³/mol. The fourth-order valence-electron chi connectivity index (χ4n) is 2.55. The van der Waals surface area contributed by atoms with E-state index in [1.54, 1.807) is 0 Å². The number of carbonyl (C=O) groups excluding carboxylic acids is 3. The molecule has 0 aromatic heterocycles. The lowest BCUT2D eigenvalue weighted by atomic mass is 9.66. The molecule has 0 radical (unpaired) electrons. The Morgan fingerprint density at radius 1 is 1.44 bits per heavy atom. The van der Waals surface area contributed by atoms with Crippen molar-refractivity contribution in [2.75, 3.05) is 6.54 Å². The first-order chi connectivity index (χ1) is 8.54. The minimum Gasteiger partial charge on any atom is -0.344 e. The van der Waals surface area contributed by atoms with E-state index in [1.807, 2.05) is 0 Å². The molecule has 6 heteroatoms. The van der Waals surface area contributed by atoms with Crippen LogP contribution in [0, 0.1) is 5.41 Å². The summed E-state index contributed by atoms with van der Waals surface area (Å²) in [5, 5.41) is 4.91. The van der Waals surface area contributed by atoms with Crippen LogP contribution in [-0.4, -0.2) is 30.3 Å². The molecule has 4 N–H and O–H groups in total. The molecule has 1 saturated carbocycles. The highest BCUT2D eigenvalue weighted by Crippen LogP contribution is 2.42. The van der Waals surface area contributed by atoms with Crippen LogP contribution in [-0.2, 0) is 14.4 Å². The Hall–Kier alpha value is -1.43. The van der Waals surface area contributed by atoms with Gasteiger partial charge in [0.15, 0.2) is 0 Å². The van der Waals surface area contributed by atoms with Gasteiger partial charge in [0, 0.05) is 12.8 Å². The number of hydrogen-bond acceptors (Lipinski definition) is 4. The SMILES string of the molecule is NCC1(CC(=O)NC2CCC(=O)NC2=O)CCC1. The number of nitrogens with two attached hydrogens (primary N) is 1. The van der Waals surface area contributed by atoms with Crippen LogP contribution in [0.25, 0.3) is 0 Å². The molecule has 2 rings (SSSR count). The summed E-state index contributed by atoms with van der Waals surface area (Å²) in [6.45, 7) is 0.510. The molecule has 100 valence electrons. The van der Waals surface area contributed by atoms with Gasteiger partial charge in [0.25, 0.3) is 0 Å². The zero-order chi connectivity index (χ0) is 13.2. The summed E-state index contributed by atoms with van der Waals surface area (Å²) in [5.41, 5.74) is 5.63. The summed E-state index contributed by atoms with van der Waals surface area (Å²) in [5.74, 6) is -0.826. The quantitative estimate of drug-likeness (QED) is 0.584. The van der Waals surface area contributed by atoms with Crippen LogP contribution in [0.15, 0.2) is 0 Å². The molecule has 6 nitrogen and oxygen atoms in total. The van der Waals surface area contributed by atoms with Gasteiger partial charge in [-0.15, -0.1) is 0 Å². The summed E-state index contributed by atoms with van der Waals surface area (Å²) in [4.78, 5) is 34.3. The predicted octanol–water partition coefficient (Wildman–Crippen LogP) is -0.573. The van der Waals surface area contributed by atoms with Crippen LogP contribution in [0.4, 0.5) is 0 Å². The standard InChI is InChI=1S/C12H19N3O3/c13-7-12(4-1-5-12)6-10(17)14-8-2-3-9(16)15-11(8)18/h8H,1-7,13H2,(H,14,17)(H,15,16,18). The van der Waals surface area contributed by atoms with Crippen molar-refractivity contribution in [2.45, 2.75) is 44.6 Å². The number of hydrogen-bond donors (Lipinski definition) is 3. The molecule has 0 spiro atoms. The Morgan fingerprint density at radius 3 is 2.67 bits per heavy atom. The molecule has 18 heavy (non-hydrogen) atoms. The molecule has 1 aliphatic heterocycles. The lowest BCUT2D eigenvalue weighted by Gasteiger charge is -2.40. The molecule has 1 saturated heterocycles. The largest absolute Gasteiger partial charge is 0.344 e. The smallest absolute Gasteiger partial charge is 0.249 e. The fraction of sp³-hybridized carbons (Fsp3) is 0.750. The zero-order valence-corrected chi connectivity index (χ0v) is 10.3. The van der Waals surface area contributed by atoms with Crippen molar-refractivity contribution in [3.8, 4) is 0 Å². The average molecular weight is 253 g/mol. The van der Waals surface area contributed by atoms with Gasteiger partial charge in [0.2, 0.25) is 17.7 Å². The van der Waals surface area contributed by atoms with Crippen LogP contribution in [0.5, 0.6) is 0 Å². The first kappa shape index (κ1) is 13.0. The van der Waals surface area contributed by atoms with E-state index in [1.165, 1.54) is 0 Å². The normalized spacial score (nSPS) is 26.2. The summed E-state index contributed by atoms with van der Waals surface area (Å²) < 4.78 is 0. The summed E-state index contributed by atoms with van der Waals surface area (Å²) in [6.07, 6.45) is 4.10. The molecular formula is C12H19N3O3. The van der Waals surface area contributed by atoms with Gasteiger partial charge in [-0.05, 0) is 31.2 Å². The fourth-order valence-corrected chi connectivity index (χ4v) is 2.55. The summed E-state index contributed by atoms with van der Waals surface area (Å²) >= 11 is 0. The maximum absolute atomic E-state index is 11.9. The number of nitrogens with one attached hydrogen (secondary N) is 2. The summed E-state index contributed by atoms with van der Waals surface area (Å²) in [6, 6.07) is -0.579. The second-order valence-electron chi connectivity index (χ2n) is 5.31. The second-order valence-corrected chi connectivity index (χ2v) is 5.31. The molecule has 0 aromatic carbocycles. The topological polar surface area (TPSA) is 101 Å². The first-order valence-corrected chi connectivity index (χ1v) is 6.38. The third-order valence-corrected chi connectivity index (χ3v) is 3.96. The minimum absolute atomic E-state index is 0.0644. The number of piperidine rings is 1. The van der Waals surface area contributed by atoms with E-state index >= 15 is 0 Å². The van der Waals surface area contributed by atoms with Gasteiger partial charge in [0.1, 0.15) is 6.04 Å². The van der Waals surface area contributed by atoms with Gasteiger partial charge >= 0.3 is 0 Å². The monoisotopic (exact) mass is 253 g/mol. The molecule has 1 heterocycles. The van der Waals surface area contributed by atoms with E-state index < -0.39 is 11.9 Å². The van der Waals surface area contributed by atoms with Crippen LogP contribution >= 0.6 is 0 Å². The molecule has 0 bridgehead atoms. The van der Waals surface area contributed by atoms with Crippen LogP contribution < -0.4 is 16.4 Å². The lowest BCUT2D eigenvalue weighted by molar-refractivity contribution is -0.138. The van der Waals surface area contributed by atoms with Crippen LogP contribution in [0.1, 0.15) is 38.5 Å². The first-order valence-electron chi connectivity index (χ1n) is 6.38. The second kappa shape index (κ2) is 5.06. The maximum Gasteiger partial charge on any atom is 0.249 e. The Labute approximate surface area is 106 Å². The van der Waals surface area contributed by atoms with Crippen molar-refractivity contribution < 1.29 is 14.4 Å². The maximum atomic E-state index is 11.9. The van der Waals surface area contributed by atoms with E-state index in [0.717, 1.165) is 19.3 Å². The molecule has 0 aromatic rings. The van der Waals surface area contributed by atoms with Gasteiger partial charge < -0.3 is 11.1 Å². The van der Waals surface area contributed by atoms with E-state index in [4.69, 9.17) is 5.73 Å². The van der Waals surface area contributed by atoms with Crippen molar-refractivity contribution in [3.63, 3.8) is 0 Å². The van der Waals surface area contributed by atoms with E-state index in [0.29, 0.717) is 19.4 Å². The van der Waals surface area contributed by atoms with Gasteiger partial charge in [-0.25, -0.2) is 0 Å². The Kier molecular flexibility index (Phi) is 3.65. The third kappa shape index (κ3) is 2.69. The molecule has 3 amide bonds. The van der Waals surface area contributed by atoms with E-state index in [-0.39, 0.29) is 23.7 Å². The average Bonchev–Trinajstić information content (AvgIpc) is 2.27. The Balaban J connectivity index is 1.84. The molecule has 1 unspecified atom stereocenters. The zero-order valence-electron chi connectivity index (χ0n) is 10.3. The van der Waals surface area contributed by atoms with Gasteiger partial charge in [-0.1, -0.05) is 6.42 Å². The molecule has 2 fully saturated rings. The van der Waals surface area contributed by atoms with Crippen LogP contribution in [0.2, 0.25) is 0 Å². The van der Waals surface area contributed by atoms with Crippen molar-refractivity contribution in [1.29, 1.82) is 0 Å². The van der Waals surface area contributed by atoms with Crippen molar-refractivity contribution in [2.24, 2.45) is 11.1 Å². The summed E-state index contributed by atoms with van der Waals surface area (Å²) in [7, 11) is 0. The highest BCUT2D eigenvalue weighted by atomic mass is 16.2. The number of carbonyl (C=O) groups is 3. The van der Waals surface area contributed by atoms with Crippen LogP contribution in [0.3, 0.4) is 0 Å². The van der Waals surface area contributed by atoms with Gasteiger partial charge in [-0.3, -0.25) is 19.7 Å².